The van der Waals surface area contributed by atoms with Gasteiger partial charge in [0, 0.05) is 37.7 Å². The Morgan fingerprint density at radius 2 is 2.03 bits per heavy atom. The molecule has 0 unspecified atom stereocenters. The maximum Gasteiger partial charge on any atom is 0.147 e. The van der Waals surface area contributed by atoms with Gasteiger partial charge in [0.2, 0.25) is 0 Å². The SMILES string of the molecule is CN(C)c1nc2sc3c(NCc4ccccn4)ncnc3c2c2c1COC(C)(C)C2. The summed E-state index contributed by atoms with van der Waals surface area (Å²) in [5.41, 5.74) is 4.16. The standard InChI is InChI=1S/C22H24N6OS/c1-22(2)9-14-15(11-29-22)20(28(3)4)27-21-16(14)17-18(30-21)19(26-12-25-17)24-10-13-7-5-6-8-23-13/h5-8,12H,9-11H2,1-4H3,(H,24,25,26). The van der Waals surface area contributed by atoms with Crippen LogP contribution in [0.1, 0.15) is 30.7 Å². The first-order valence-electron chi connectivity index (χ1n) is 9.97. The van der Waals surface area contributed by atoms with Crippen LogP contribution in [0.3, 0.4) is 0 Å². The van der Waals surface area contributed by atoms with Crippen molar-refractivity contribution in [1.29, 1.82) is 0 Å². The van der Waals surface area contributed by atoms with Crippen LogP contribution < -0.4 is 10.2 Å². The highest BCUT2D eigenvalue weighted by atomic mass is 32.1. The monoisotopic (exact) mass is 420 g/mol. The van der Waals surface area contributed by atoms with Gasteiger partial charge in [-0.15, -0.1) is 11.3 Å². The van der Waals surface area contributed by atoms with E-state index in [2.05, 4.69) is 39.0 Å². The van der Waals surface area contributed by atoms with Crippen molar-refractivity contribution in [3.05, 3.63) is 47.5 Å². The van der Waals surface area contributed by atoms with E-state index in [4.69, 9.17) is 9.72 Å². The zero-order valence-corrected chi connectivity index (χ0v) is 18.4. The zero-order valence-electron chi connectivity index (χ0n) is 17.6. The van der Waals surface area contributed by atoms with Crippen LogP contribution in [0.15, 0.2) is 30.7 Å². The highest BCUT2D eigenvalue weighted by molar-refractivity contribution is 7.26. The Morgan fingerprint density at radius 1 is 1.17 bits per heavy atom. The van der Waals surface area contributed by atoms with E-state index in [9.17, 15) is 0 Å². The van der Waals surface area contributed by atoms with E-state index < -0.39 is 0 Å². The molecule has 1 N–H and O–H groups in total. The molecule has 5 rings (SSSR count). The minimum Gasteiger partial charge on any atom is -0.370 e. The van der Waals surface area contributed by atoms with Crippen LogP contribution in [-0.2, 0) is 24.3 Å². The zero-order chi connectivity index (χ0) is 20.9. The lowest BCUT2D eigenvalue weighted by Crippen LogP contribution is -2.33. The lowest BCUT2D eigenvalue weighted by atomic mass is 9.90. The maximum absolute atomic E-state index is 6.12. The second-order valence-electron chi connectivity index (χ2n) is 8.37. The smallest absolute Gasteiger partial charge is 0.147 e. The fraction of sp³-hybridized carbons (Fsp3) is 0.364. The lowest BCUT2D eigenvalue weighted by molar-refractivity contribution is -0.0395. The lowest BCUT2D eigenvalue weighted by Gasteiger charge is -2.34. The molecule has 0 amide bonds. The summed E-state index contributed by atoms with van der Waals surface area (Å²) in [5, 5.41) is 4.57. The van der Waals surface area contributed by atoms with Crippen molar-refractivity contribution < 1.29 is 4.74 Å². The van der Waals surface area contributed by atoms with Crippen LogP contribution in [0.4, 0.5) is 11.6 Å². The van der Waals surface area contributed by atoms with Crippen molar-refractivity contribution in [3.8, 4) is 0 Å². The first-order valence-corrected chi connectivity index (χ1v) is 10.8. The van der Waals surface area contributed by atoms with E-state index in [1.54, 1.807) is 23.9 Å². The van der Waals surface area contributed by atoms with Gasteiger partial charge in [-0.25, -0.2) is 15.0 Å². The molecule has 5 heterocycles. The molecule has 0 atom stereocenters. The summed E-state index contributed by atoms with van der Waals surface area (Å²) in [4.78, 5) is 21.6. The first-order chi connectivity index (χ1) is 14.4. The molecule has 30 heavy (non-hydrogen) atoms. The second-order valence-corrected chi connectivity index (χ2v) is 9.37. The molecule has 0 radical (unpaired) electrons. The van der Waals surface area contributed by atoms with Gasteiger partial charge in [-0.2, -0.15) is 0 Å². The maximum atomic E-state index is 6.12. The summed E-state index contributed by atoms with van der Waals surface area (Å²) in [5.74, 6) is 1.79. The van der Waals surface area contributed by atoms with Gasteiger partial charge in [0.15, 0.2) is 0 Å². The number of nitrogens with zero attached hydrogens (tertiary/aromatic N) is 5. The van der Waals surface area contributed by atoms with Crippen molar-refractivity contribution in [2.75, 3.05) is 24.3 Å². The van der Waals surface area contributed by atoms with Gasteiger partial charge in [-0.1, -0.05) is 6.07 Å². The normalized spacial score (nSPS) is 15.3. The van der Waals surface area contributed by atoms with E-state index in [0.29, 0.717) is 13.2 Å². The number of pyridine rings is 2. The molecule has 1 aliphatic rings. The molecule has 7 nitrogen and oxygen atoms in total. The average molecular weight is 421 g/mol. The summed E-state index contributed by atoms with van der Waals surface area (Å²) < 4.78 is 7.14. The van der Waals surface area contributed by atoms with Gasteiger partial charge < -0.3 is 15.0 Å². The van der Waals surface area contributed by atoms with Gasteiger partial charge in [0.25, 0.3) is 0 Å². The first kappa shape index (κ1) is 19.1. The van der Waals surface area contributed by atoms with Crippen LogP contribution in [0, 0.1) is 0 Å². The van der Waals surface area contributed by atoms with Crippen molar-refractivity contribution in [2.45, 2.75) is 39.0 Å². The number of hydrogen-bond donors (Lipinski definition) is 1. The van der Waals surface area contributed by atoms with Gasteiger partial charge in [0.05, 0.1) is 34.7 Å². The number of aromatic nitrogens is 4. The van der Waals surface area contributed by atoms with Crippen LogP contribution in [0.25, 0.3) is 20.4 Å². The quantitative estimate of drug-likeness (QED) is 0.531. The average Bonchev–Trinajstić information content (AvgIpc) is 3.11. The molecule has 8 heteroatoms. The molecular formula is C22H24N6OS. The number of nitrogens with one attached hydrogen (secondary N) is 1. The number of hydrogen-bond acceptors (Lipinski definition) is 8. The highest BCUT2D eigenvalue weighted by Crippen LogP contribution is 2.43. The predicted octanol–water partition coefficient (Wildman–Crippen LogP) is 4.16. The number of thiophene rings is 1. The number of fused-ring (bicyclic) bond motifs is 5. The number of ether oxygens (including phenoxy) is 1. The number of rotatable bonds is 4. The van der Waals surface area contributed by atoms with Crippen LogP contribution >= 0.6 is 11.3 Å². The predicted molar refractivity (Wildman–Crippen MR) is 121 cm³/mol. The van der Waals surface area contributed by atoms with E-state index in [-0.39, 0.29) is 5.60 Å². The summed E-state index contributed by atoms with van der Waals surface area (Å²) in [6.07, 6.45) is 4.26. The third-order valence-electron chi connectivity index (χ3n) is 5.39. The van der Waals surface area contributed by atoms with E-state index >= 15 is 0 Å². The van der Waals surface area contributed by atoms with Crippen LogP contribution in [0.2, 0.25) is 0 Å². The third-order valence-corrected chi connectivity index (χ3v) is 6.47. The Kier molecular flexibility index (Phi) is 4.56. The molecule has 1 aliphatic heterocycles. The van der Waals surface area contributed by atoms with Gasteiger partial charge in [-0.05, 0) is 31.5 Å². The molecule has 0 aliphatic carbocycles. The Hall–Kier alpha value is -2.84. The van der Waals surface area contributed by atoms with Gasteiger partial charge >= 0.3 is 0 Å². The van der Waals surface area contributed by atoms with Crippen molar-refractivity contribution >= 4 is 43.4 Å². The molecule has 0 saturated carbocycles. The largest absolute Gasteiger partial charge is 0.370 e. The van der Waals surface area contributed by atoms with Crippen molar-refractivity contribution in [3.63, 3.8) is 0 Å². The van der Waals surface area contributed by atoms with E-state index in [0.717, 1.165) is 49.7 Å². The number of anilines is 2. The molecule has 0 fully saturated rings. The molecule has 0 aromatic carbocycles. The molecule has 4 aromatic rings. The van der Waals surface area contributed by atoms with Crippen molar-refractivity contribution in [1.82, 2.24) is 19.9 Å². The van der Waals surface area contributed by atoms with Gasteiger partial charge in [-0.3, -0.25) is 4.98 Å². The Balaban J connectivity index is 1.67. The fourth-order valence-corrected chi connectivity index (χ4v) is 5.08. The topological polar surface area (TPSA) is 76.1 Å². The second kappa shape index (κ2) is 7.14. The summed E-state index contributed by atoms with van der Waals surface area (Å²) in [6, 6.07) is 5.91. The molecule has 4 aromatic heterocycles. The van der Waals surface area contributed by atoms with E-state index in [1.165, 1.54) is 5.56 Å². The fourth-order valence-electron chi connectivity index (χ4n) is 3.96. The molecule has 0 saturated heterocycles. The summed E-state index contributed by atoms with van der Waals surface area (Å²) in [7, 11) is 4.06. The Morgan fingerprint density at radius 3 is 2.80 bits per heavy atom. The van der Waals surface area contributed by atoms with Crippen LogP contribution in [0.5, 0.6) is 0 Å². The van der Waals surface area contributed by atoms with Crippen molar-refractivity contribution in [2.24, 2.45) is 0 Å². The third kappa shape index (κ3) is 3.26. The summed E-state index contributed by atoms with van der Waals surface area (Å²) in [6.45, 7) is 5.45. The molecule has 0 spiro atoms. The Bertz CT molecular complexity index is 1240. The van der Waals surface area contributed by atoms with Gasteiger partial charge in [0.1, 0.15) is 22.8 Å². The Labute approximate surface area is 179 Å². The van der Waals surface area contributed by atoms with E-state index in [1.807, 2.05) is 32.3 Å². The molecular weight excluding hydrogens is 396 g/mol. The molecule has 154 valence electrons. The molecule has 0 bridgehead atoms. The highest BCUT2D eigenvalue weighted by Gasteiger charge is 2.32. The minimum absolute atomic E-state index is 0.216. The minimum atomic E-state index is -0.216. The summed E-state index contributed by atoms with van der Waals surface area (Å²) >= 11 is 1.64. The van der Waals surface area contributed by atoms with Crippen LogP contribution in [-0.4, -0.2) is 39.6 Å².